The van der Waals surface area contributed by atoms with Gasteiger partial charge in [0, 0.05) is 23.9 Å². The van der Waals surface area contributed by atoms with E-state index in [1.807, 2.05) is 13.0 Å². The summed E-state index contributed by atoms with van der Waals surface area (Å²) in [6, 6.07) is 6.46. The molecule has 7 heteroatoms. The Bertz CT molecular complexity index is 830. The largest absolute Gasteiger partial charge is 0.384 e. The fraction of sp³-hybridized carbons (Fsp3) is 0.368. The summed E-state index contributed by atoms with van der Waals surface area (Å²) >= 11 is 0. The lowest BCUT2D eigenvalue weighted by Crippen LogP contribution is -2.54. The van der Waals surface area contributed by atoms with Gasteiger partial charge < -0.3 is 11.1 Å². The fourth-order valence-corrected chi connectivity index (χ4v) is 3.86. The molecule has 3 N–H and O–H groups in total. The molecule has 1 aromatic carbocycles. The second-order valence-corrected chi connectivity index (χ2v) is 6.86. The number of nitrogens with one attached hydrogen (secondary N) is 1. The highest BCUT2D eigenvalue weighted by atomic mass is 19.1. The molecule has 136 valence electrons. The highest BCUT2D eigenvalue weighted by Gasteiger charge is 2.37. The number of benzene rings is 1. The van der Waals surface area contributed by atoms with Crippen molar-refractivity contribution in [3.8, 4) is 0 Å². The molecule has 1 aromatic heterocycles. The first-order valence-electron chi connectivity index (χ1n) is 8.87. The number of fused-ring (bicyclic) bond motifs is 1. The molecular weight excluding hydrogens is 333 g/mol. The number of hydrogen-bond acceptors (Lipinski definition) is 4. The van der Waals surface area contributed by atoms with Gasteiger partial charge in [0.25, 0.3) is 0 Å². The van der Waals surface area contributed by atoms with E-state index < -0.39 is 5.82 Å². The van der Waals surface area contributed by atoms with Crippen molar-refractivity contribution >= 4 is 23.2 Å². The number of hydrogen-bond donors (Lipinski definition) is 2. The maximum Gasteiger partial charge on any atom is 0.329 e. The summed E-state index contributed by atoms with van der Waals surface area (Å²) < 4.78 is 14.6. The van der Waals surface area contributed by atoms with Crippen molar-refractivity contribution in [1.29, 1.82) is 0 Å². The van der Waals surface area contributed by atoms with Gasteiger partial charge in [0.15, 0.2) is 0 Å². The molecule has 0 aliphatic carbocycles. The number of halogens is 1. The lowest BCUT2D eigenvalue weighted by molar-refractivity contribution is 0.245. The smallest absolute Gasteiger partial charge is 0.329 e. The van der Waals surface area contributed by atoms with E-state index >= 15 is 0 Å². The predicted octanol–water partition coefficient (Wildman–Crippen LogP) is 2.81. The van der Waals surface area contributed by atoms with Gasteiger partial charge in [-0.3, -0.25) is 9.80 Å². The molecule has 2 aromatic rings. The Morgan fingerprint density at radius 1 is 1.31 bits per heavy atom. The van der Waals surface area contributed by atoms with Gasteiger partial charge >= 0.3 is 6.03 Å². The molecule has 4 rings (SSSR count). The zero-order chi connectivity index (χ0) is 18.3. The number of aryl methyl sites for hydroxylation is 1. The van der Waals surface area contributed by atoms with Crippen molar-refractivity contribution in [3.05, 3.63) is 47.4 Å². The van der Waals surface area contributed by atoms with Crippen LogP contribution in [0.1, 0.15) is 24.0 Å². The maximum atomic E-state index is 14.6. The number of amides is 2. The number of para-hydroxylation sites is 1. The highest BCUT2D eigenvalue weighted by molar-refractivity contribution is 6.07. The van der Waals surface area contributed by atoms with Crippen LogP contribution in [0, 0.1) is 12.7 Å². The average Bonchev–Trinajstić information content (AvgIpc) is 2.63. The fourth-order valence-electron chi connectivity index (χ4n) is 3.86. The Hall–Kier alpha value is -2.67. The molecule has 26 heavy (non-hydrogen) atoms. The minimum absolute atomic E-state index is 0.0548. The van der Waals surface area contributed by atoms with E-state index in [0.717, 1.165) is 42.7 Å². The summed E-state index contributed by atoms with van der Waals surface area (Å²) in [5.74, 6) is -0.0125. The van der Waals surface area contributed by atoms with Crippen molar-refractivity contribution in [1.82, 2.24) is 10.3 Å². The predicted molar refractivity (Wildman–Crippen MR) is 99.7 cm³/mol. The van der Waals surface area contributed by atoms with Gasteiger partial charge in [-0.05, 0) is 44.5 Å². The Morgan fingerprint density at radius 3 is 2.81 bits per heavy atom. The molecule has 2 aliphatic rings. The molecule has 2 aliphatic heterocycles. The van der Waals surface area contributed by atoms with Crippen LogP contribution in [-0.4, -0.2) is 30.1 Å². The highest BCUT2D eigenvalue weighted by Crippen LogP contribution is 2.37. The van der Waals surface area contributed by atoms with Gasteiger partial charge in [0.1, 0.15) is 11.6 Å². The summed E-state index contributed by atoms with van der Waals surface area (Å²) in [4.78, 5) is 20.9. The molecule has 2 amide bonds. The molecule has 0 radical (unpaired) electrons. The molecule has 0 atom stereocenters. The number of aromatic nitrogens is 1. The monoisotopic (exact) mass is 355 g/mol. The number of pyridine rings is 1. The van der Waals surface area contributed by atoms with Crippen LogP contribution >= 0.6 is 0 Å². The third-order valence-electron chi connectivity index (χ3n) is 5.14. The molecule has 3 heterocycles. The van der Waals surface area contributed by atoms with Crippen LogP contribution in [0.15, 0.2) is 30.5 Å². The SMILES string of the molecule is Cc1cccc(F)c1N1Cc2cnc(N)cc2N(C2CCNCC2)C1=O. The summed E-state index contributed by atoms with van der Waals surface area (Å²) in [5, 5.41) is 3.32. The topological polar surface area (TPSA) is 74.5 Å². The Labute approximate surface area is 151 Å². The van der Waals surface area contributed by atoms with Crippen LogP contribution in [0.2, 0.25) is 0 Å². The first kappa shape index (κ1) is 16.8. The van der Waals surface area contributed by atoms with Crippen LogP contribution in [-0.2, 0) is 6.54 Å². The number of nitrogen functional groups attached to an aromatic ring is 1. The first-order valence-corrected chi connectivity index (χ1v) is 8.87. The van der Waals surface area contributed by atoms with Crippen LogP contribution in [0.3, 0.4) is 0 Å². The third-order valence-corrected chi connectivity index (χ3v) is 5.14. The number of anilines is 3. The van der Waals surface area contributed by atoms with Gasteiger partial charge in [-0.1, -0.05) is 12.1 Å². The summed E-state index contributed by atoms with van der Waals surface area (Å²) in [7, 11) is 0. The number of nitrogens with zero attached hydrogens (tertiary/aromatic N) is 3. The molecule has 1 saturated heterocycles. The molecule has 0 saturated carbocycles. The van der Waals surface area contributed by atoms with E-state index in [2.05, 4.69) is 10.3 Å². The van der Waals surface area contributed by atoms with E-state index in [1.54, 1.807) is 23.2 Å². The van der Waals surface area contributed by atoms with E-state index in [1.165, 1.54) is 11.0 Å². The lowest BCUT2D eigenvalue weighted by atomic mass is 10.0. The van der Waals surface area contributed by atoms with Gasteiger partial charge in [0.2, 0.25) is 0 Å². The van der Waals surface area contributed by atoms with Crippen molar-refractivity contribution in [2.24, 2.45) is 0 Å². The van der Waals surface area contributed by atoms with Crippen molar-refractivity contribution < 1.29 is 9.18 Å². The second kappa shape index (κ2) is 6.57. The molecule has 6 nitrogen and oxygen atoms in total. The molecule has 0 unspecified atom stereocenters. The number of rotatable bonds is 2. The summed E-state index contributed by atoms with van der Waals surface area (Å²) in [5.41, 5.74) is 8.61. The average molecular weight is 355 g/mol. The van der Waals surface area contributed by atoms with Crippen molar-refractivity contribution in [3.63, 3.8) is 0 Å². The number of piperidine rings is 1. The first-order chi connectivity index (χ1) is 12.6. The van der Waals surface area contributed by atoms with Crippen LogP contribution in [0.5, 0.6) is 0 Å². The zero-order valence-corrected chi connectivity index (χ0v) is 14.7. The standard InChI is InChI=1S/C19H22FN5O/c1-12-3-2-4-15(20)18(12)24-11-13-10-23-17(21)9-16(13)25(19(24)26)14-5-7-22-8-6-14/h2-4,9-10,14,22H,5-8,11H2,1H3,(H2,21,23). The van der Waals surface area contributed by atoms with Gasteiger partial charge in [-0.15, -0.1) is 0 Å². The normalized spacial score (nSPS) is 18.2. The number of urea groups is 1. The minimum Gasteiger partial charge on any atom is -0.384 e. The number of nitrogens with two attached hydrogens (primary N) is 1. The Morgan fingerprint density at radius 2 is 2.08 bits per heavy atom. The Balaban J connectivity index is 1.82. The van der Waals surface area contributed by atoms with Gasteiger partial charge in [0.05, 0.1) is 17.9 Å². The lowest BCUT2D eigenvalue weighted by Gasteiger charge is -2.42. The van der Waals surface area contributed by atoms with E-state index in [4.69, 9.17) is 5.73 Å². The van der Waals surface area contributed by atoms with Crippen LogP contribution < -0.4 is 20.9 Å². The van der Waals surface area contributed by atoms with Crippen LogP contribution in [0.4, 0.5) is 26.4 Å². The van der Waals surface area contributed by atoms with Crippen molar-refractivity contribution in [2.75, 3.05) is 28.6 Å². The van der Waals surface area contributed by atoms with Gasteiger partial charge in [-0.25, -0.2) is 14.2 Å². The van der Waals surface area contributed by atoms with Crippen molar-refractivity contribution in [2.45, 2.75) is 32.4 Å². The quantitative estimate of drug-likeness (QED) is 0.869. The third kappa shape index (κ3) is 2.78. The zero-order valence-electron chi connectivity index (χ0n) is 14.7. The van der Waals surface area contributed by atoms with Gasteiger partial charge in [-0.2, -0.15) is 0 Å². The van der Waals surface area contributed by atoms with E-state index in [9.17, 15) is 9.18 Å². The molecule has 0 spiro atoms. The van der Waals surface area contributed by atoms with E-state index in [0.29, 0.717) is 11.5 Å². The number of carbonyl (C=O) groups excluding carboxylic acids is 1. The summed E-state index contributed by atoms with van der Waals surface area (Å²) in [6.07, 6.45) is 3.38. The molecule has 1 fully saturated rings. The van der Waals surface area contributed by atoms with E-state index in [-0.39, 0.29) is 18.6 Å². The maximum absolute atomic E-state index is 14.6. The summed E-state index contributed by atoms with van der Waals surface area (Å²) in [6.45, 7) is 3.80. The number of carbonyl (C=O) groups is 1. The van der Waals surface area contributed by atoms with Crippen LogP contribution in [0.25, 0.3) is 0 Å². The second-order valence-electron chi connectivity index (χ2n) is 6.86. The minimum atomic E-state index is -0.393. The molecule has 0 bridgehead atoms. The Kier molecular flexibility index (Phi) is 4.24. The molecular formula is C19H22FN5O.